The molecule has 2 unspecified atom stereocenters. The van der Waals surface area contributed by atoms with E-state index in [2.05, 4.69) is 10.3 Å². The van der Waals surface area contributed by atoms with Crippen molar-refractivity contribution in [3.05, 3.63) is 27.7 Å². The third-order valence-corrected chi connectivity index (χ3v) is 6.10. The molecule has 0 radical (unpaired) electrons. The number of carbonyl (C=O) groups is 2. The van der Waals surface area contributed by atoms with Gasteiger partial charge in [-0.05, 0) is 42.9 Å². The molecule has 152 valence electrons. The van der Waals surface area contributed by atoms with Gasteiger partial charge in [-0.3, -0.25) is 4.79 Å². The Hall–Kier alpha value is -1.79. The summed E-state index contributed by atoms with van der Waals surface area (Å²) < 4.78 is 5.66. The second-order valence-electron chi connectivity index (χ2n) is 7.39. The van der Waals surface area contributed by atoms with E-state index in [0.29, 0.717) is 30.2 Å². The van der Waals surface area contributed by atoms with Crippen molar-refractivity contribution in [1.29, 1.82) is 0 Å². The van der Waals surface area contributed by atoms with Gasteiger partial charge in [-0.2, -0.15) is 0 Å². The van der Waals surface area contributed by atoms with Crippen molar-refractivity contribution in [3.8, 4) is 0 Å². The summed E-state index contributed by atoms with van der Waals surface area (Å²) in [4.78, 5) is 29.1. The molecular formula is C20H25Cl2N3O3. The molecule has 6 nitrogen and oxygen atoms in total. The fourth-order valence-corrected chi connectivity index (χ4v) is 4.42. The van der Waals surface area contributed by atoms with E-state index < -0.39 is 18.0 Å². The molecule has 3 rings (SSSR count). The number of esters is 1. The predicted octanol–water partition coefficient (Wildman–Crippen LogP) is 4.93. The number of benzene rings is 1. The molecule has 0 saturated heterocycles. The second kappa shape index (κ2) is 9.14. The first-order chi connectivity index (χ1) is 13.4. The number of nitrogen functional groups attached to an aromatic ring is 1. The van der Waals surface area contributed by atoms with Crippen LogP contribution in [0.15, 0.2) is 17.1 Å². The standard InChI is InChI=1S/C20H25Cl2N3O3/c1-2-15-16(19(26)28-10-11-6-4-3-5-7-11)18(25-20(27)24-15)12-8-13(21)17(23)14(22)9-12/h8-9,11,16,18H,2-7,10,23H2,1H3,(H,25,27). The number of halogens is 2. The third kappa shape index (κ3) is 4.61. The number of hydrogen-bond donors (Lipinski definition) is 2. The molecule has 1 aromatic rings. The summed E-state index contributed by atoms with van der Waals surface area (Å²) in [5, 5.41) is 3.29. The van der Waals surface area contributed by atoms with Gasteiger partial charge in [0.15, 0.2) is 0 Å². The summed E-state index contributed by atoms with van der Waals surface area (Å²) in [6.07, 6.45) is 6.21. The SMILES string of the molecule is CCC1=NC(=O)NC(c2cc(Cl)c(N)c(Cl)c2)C1C(=O)OCC1CCCCC1. The van der Waals surface area contributed by atoms with E-state index in [1.54, 1.807) is 12.1 Å². The van der Waals surface area contributed by atoms with Crippen LogP contribution in [0.1, 0.15) is 57.1 Å². The van der Waals surface area contributed by atoms with Crippen LogP contribution in [0.3, 0.4) is 0 Å². The van der Waals surface area contributed by atoms with Crippen LogP contribution >= 0.6 is 23.2 Å². The molecule has 1 aliphatic heterocycles. The number of nitrogens with one attached hydrogen (secondary N) is 1. The van der Waals surface area contributed by atoms with Gasteiger partial charge < -0.3 is 15.8 Å². The average Bonchev–Trinajstić information content (AvgIpc) is 2.69. The van der Waals surface area contributed by atoms with Gasteiger partial charge in [0, 0.05) is 5.71 Å². The highest BCUT2D eigenvalue weighted by molar-refractivity contribution is 6.39. The third-order valence-electron chi connectivity index (χ3n) is 5.48. The van der Waals surface area contributed by atoms with Crippen molar-refractivity contribution in [1.82, 2.24) is 5.32 Å². The Morgan fingerprint density at radius 1 is 1.25 bits per heavy atom. The predicted molar refractivity (Wildman–Crippen MR) is 111 cm³/mol. The lowest BCUT2D eigenvalue weighted by Gasteiger charge is -2.31. The molecule has 3 N–H and O–H groups in total. The number of aliphatic imine (C=N–C) groups is 1. The Balaban J connectivity index is 1.85. The lowest BCUT2D eigenvalue weighted by molar-refractivity contribution is -0.148. The van der Waals surface area contributed by atoms with Gasteiger partial charge in [-0.25, -0.2) is 9.79 Å². The summed E-state index contributed by atoms with van der Waals surface area (Å²) in [5.74, 6) is -0.709. The summed E-state index contributed by atoms with van der Waals surface area (Å²) in [5.41, 5.74) is 7.17. The highest BCUT2D eigenvalue weighted by Crippen LogP contribution is 2.36. The molecule has 8 heteroatoms. The molecule has 2 atom stereocenters. The van der Waals surface area contributed by atoms with E-state index in [9.17, 15) is 9.59 Å². The maximum absolute atomic E-state index is 13.0. The van der Waals surface area contributed by atoms with Crippen LogP contribution in [-0.4, -0.2) is 24.3 Å². The number of ether oxygens (including phenoxy) is 1. The fraction of sp³-hybridized carbons (Fsp3) is 0.550. The zero-order valence-corrected chi connectivity index (χ0v) is 17.4. The molecule has 0 aromatic heterocycles. The summed E-state index contributed by atoms with van der Waals surface area (Å²) in [6, 6.07) is 2.08. The minimum Gasteiger partial charge on any atom is -0.465 e. The number of carbonyl (C=O) groups excluding carboxylic acids is 2. The highest BCUT2D eigenvalue weighted by atomic mass is 35.5. The number of rotatable bonds is 5. The van der Waals surface area contributed by atoms with Crippen molar-refractivity contribution in [2.24, 2.45) is 16.8 Å². The number of nitrogens with two attached hydrogens (primary N) is 1. The average molecular weight is 426 g/mol. The van der Waals surface area contributed by atoms with Crippen LogP contribution in [0.25, 0.3) is 0 Å². The second-order valence-corrected chi connectivity index (χ2v) is 8.21. The zero-order chi connectivity index (χ0) is 20.3. The van der Waals surface area contributed by atoms with Crippen molar-refractivity contribution in [2.45, 2.75) is 51.5 Å². The zero-order valence-electron chi connectivity index (χ0n) is 15.8. The Morgan fingerprint density at radius 3 is 2.50 bits per heavy atom. The van der Waals surface area contributed by atoms with Gasteiger partial charge in [-0.15, -0.1) is 0 Å². The largest absolute Gasteiger partial charge is 0.465 e. The van der Waals surface area contributed by atoms with Gasteiger partial charge in [0.2, 0.25) is 0 Å². The van der Waals surface area contributed by atoms with Crippen LogP contribution in [0, 0.1) is 11.8 Å². The molecule has 1 aliphatic carbocycles. The first-order valence-corrected chi connectivity index (χ1v) is 10.4. The minimum atomic E-state index is -0.720. The lowest BCUT2D eigenvalue weighted by Crippen LogP contribution is -2.45. The summed E-state index contributed by atoms with van der Waals surface area (Å²) in [6.45, 7) is 2.26. The Morgan fingerprint density at radius 2 is 1.89 bits per heavy atom. The van der Waals surface area contributed by atoms with Crippen LogP contribution in [0.5, 0.6) is 0 Å². The monoisotopic (exact) mass is 425 g/mol. The molecule has 2 amide bonds. The number of amides is 2. The lowest BCUT2D eigenvalue weighted by atomic mass is 9.86. The number of nitrogens with zero attached hydrogens (tertiary/aromatic N) is 1. The molecule has 0 bridgehead atoms. The fourth-order valence-electron chi connectivity index (χ4n) is 3.91. The van der Waals surface area contributed by atoms with Gasteiger partial charge in [0.05, 0.1) is 28.4 Å². The Kier molecular flexibility index (Phi) is 6.83. The van der Waals surface area contributed by atoms with E-state index >= 15 is 0 Å². The van der Waals surface area contributed by atoms with Crippen LogP contribution in [-0.2, 0) is 9.53 Å². The Bertz CT molecular complexity index is 768. The van der Waals surface area contributed by atoms with E-state index in [1.807, 2.05) is 6.92 Å². The molecule has 1 saturated carbocycles. The number of hydrogen-bond acceptors (Lipinski definition) is 4. The summed E-state index contributed by atoms with van der Waals surface area (Å²) in [7, 11) is 0. The smallest absolute Gasteiger partial charge is 0.341 e. The van der Waals surface area contributed by atoms with Crippen molar-refractivity contribution >= 4 is 46.6 Å². The maximum Gasteiger partial charge on any atom is 0.341 e. The quantitative estimate of drug-likeness (QED) is 0.516. The van der Waals surface area contributed by atoms with Crippen molar-refractivity contribution in [2.75, 3.05) is 12.3 Å². The topological polar surface area (TPSA) is 93.8 Å². The molecule has 1 heterocycles. The van der Waals surface area contributed by atoms with Crippen molar-refractivity contribution < 1.29 is 14.3 Å². The minimum absolute atomic E-state index is 0.259. The van der Waals surface area contributed by atoms with Crippen LogP contribution in [0.2, 0.25) is 10.0 Å². The number of anilines is 1. The van der Waals surface area contributed by atoms with Crippen molar-refractivity contribution in [3.63, 3.8) is 0 Å². The van der Waals surface area contributed by atoms with Gasteiger partial charge >= 0.3 is 12.0 Å². The van der Waals surface area contributed by atoms with Gasteiger partial charge in [0.25, 0.3) is 0 Å². The normalized spacial score (nSPS) is 23.1. The highest BCUT2D eigenvalue weighted by Gasteiger charge is 2.39. The Labute approximate surface area is 174 Å². The maximum atomic E-state index is 13.0. The van der Waals surface area contributed by atoms with Crippen LogP contribution in [0.4, 0.5) is 10.5 Å². The van der Waals surface area contributed by atoms with Gasteiger partial charge in [0.1, 0.15) is 5.92 Å². The molecule has 1 aromatic carbocycles. The first-order valence-electron chi connectivity index (χ1n) is 9.69. The molecule has 1 fully saturated rings. The molecule has 2 aliphatic rings. The number of urea groups is 1. The molecule has 0 spiro atoms. The van der Waals surface area contributed by atoms with E-state index in [-0.39, 0.29) is 21.7 Å². The molecular weight excluding hydrogens is 401 g/mol. The van der Waals surface area contributed by atoms with E-state index in [1.165, 1.54) is 19.3 Å². The van der Waals surface area contributed by atoms with E-state index in [0.717, 1.165) is 12.8 Å². The summed E-state index contributed by atoms with van der Waals surface area (Å²) >= 11 is 12.3. The first kappa shape index (κ1) is 20.9. The van der Waals surface area contributed by atoms with E-state index in [4.69, 9.17) is 33.7 Å². The van der Waals surface area contributed by atoms with Crippen LogP contribution < -0.4 is 11.1 Å². The molecule has 28 heavy (non-hydrogen) atoms. The van der Waals surface area contributed by atoms with Gasteiger partial charge in [-0.1, -0.05) is 49.4 Å².